The first kappa shape index (κ1) is 15.1. The first-order chi connectivity index (χ1) is 9.49. The van der Waals surface area contributed by atoms with Gasteiger partial charge in [-0.15, -0.1) is 0 Å². The molecule has 0 aliphatic carbocycles. The number of piperidine rings is 1. The molecule has 1 atom stereocenters. The fraction of sp³-hybridized carbons (Fsp3) is 0.429. The van der Waals surface area contributed by atoms with Crippen molar-refractivity contribution >= 4 is 35.0 Å². The van der Waals surface area contributed by atoms with Gasteiger partial charge in [-0.05, 0) is 18.1 Å². The van der Waals surface area contributed by atoms with Gasteiger partial charge in [-0.3, -0.25) is 9.59 Å². The van der Waals surface area contributed by atoms with E-state index in [1.807, 2.05) is 12.1 Å². The van der Waals surface area contributed by atoms with Crippen LogP contribution in [0.2, 0.25) is 10.0 Å². The lowest BCUT2D eigenvalue weighted by Crippen LogP contribution is -2.43. The topological polar surface area (TPSA) is 49.4 Å². The van der Waals surface area contributed by atoms with E-state index < -0.39 is 0 Å². The Balaban J connectivity index is 2.00. The Hall–Kier alpha value is -1.26. The van der Waals surface area contributed by atoms with E-state index >= 15 is 0 Å². The molecule has 1 heterocycles. The summed E-state index contributed by atoms with van der Waals surface area (Å²) >= 11 is 12.1. The lowest BCUT2D eigenvalue weighted by molar-refractivity contribution is -0.136. The molecule has 1 aromatic carbocycles. The van der Waals surface area contributed by atoms with Crippen LogP contribution in [0.1, 0.15) is 18.4 Å². The zero-order chi connectivity index (χ0) is 14.7. The maximum absolute atomic E-state index is 12.3. The minimum absolute atomic E-state index is 0.00888. The van der Waals surface area contributed by atoms with Gasteiger partial charge < -0.3 is 10.2 Å². The van der Waals surface area contributed by atoms with E-state index in [1.165, 1.54) is 0 Å². The van der Waals surface area contributed by atoms with Crippen LogP contribution in [0.3, 0.4) is 0 Å². The van der Waals surface area contributed by atoms with E-state index in [1.54, 1.807) is 18.0 Å². The Labute approximate surface area is 128 Å². The van der Waals surface area contributed by atoms with Crippen LogP contribution in [0.15, 0.2) is 18.2 Å². The number of carbonyl (C=O) groups excluding carboxylic acids is 2. The largest absolute Gasteiger partial charge is 0.355 e. The molecule has 1 fully saturated rings. The molecule has 0 radical (unpaired) electrons. The lowest BCUT2D eigenvalue weighted by atomic mass is 9.97. The Morgan fingerprint density at radius 2 is 2.20 bits per heavy atom. The molecule has 20 heavy (non-hydrogen) atoms. The number of carbonyl (C=O) groups is 2. The highest BCUT2D eigenvalue weighted by atomic mass is 35.5. The van der Waals surface area contributed by atoms with E-state index in [-0.39, 0.29) is 17.7 Å². The molecule has 2 rings (SSSR count). The van der Waals surface area contributed by atoms with Crippen molar-refractivity contribution in [2.75, 3.05) is 13.6 Å². The zero-order valence-electron chi connectivity index (χ0n) is 11.2. The minimum atomic E-state index is -0.157. The molecule has 0 bridgehead atoms. The first-order valence-corrected chi connectivity index (χ1v) is 7.19. The molecule has 0 saturated carbocycles. The van der Waals surface area contributed by atoms with Gasteiger partial charge in [-0.2, -0.15) is 0 Å². The van der Waals surface area contributed by atoms with Gasteiger partial charge in [0, 0.05) is 26.6 Å². The van der Waals surface area contributed by atoms with Gasteiger partial charge in [0.25, 0.3) is 0 Å². The second kappa shape index (κ2) is 6.46. The van der Waals surface area contributed by atoms with Gasteiger partial charge in [-0.1, -0.05) is 35.3 Å². The number of amides is 2. The summed E-state index contributed by atoms with van der Waals surface area (Å²) in [5.41, 5.74) is 0.815. The summed E-state index contributed by atoms with van der Waals surface area (Å²) in [5, 5.41) is 3.68. The third-order valence-electron chi connectivity index (χ3n) is 3.43. The van der Waals surface area contributed by atoms with Crippen molar-refractivity contribution < 1.29 is 9.59 Å². The summed E-state index contributed by atoms with van der Waals surface area (Å²) in [6, 6.07) is 5.37. The number of nitrogens with zero attached hydrogens (tertiary/aromatic N) is 1. The van der Waals surface area contributed by atoms with Crippen LogP contribution in [0.5, 0.6) is 0 Å². The maximum atomic E-state index is 12.3. The zero-order valence-corrected chi connectivity index (χ0v) is 12.7. The molecule has 1 aromatic rings. The fourth-order valence-electron chi connectivity index (χ4n) is 2.26. The molecule has 0 spiro atoms. The van der Waals surface area contributed by atoms with Crippen LogP contribution < -0.4 is 5.32 Å². The average Bonchev–Trinajstić information content (AvgIpc) is 2.44. The smallest absolute Gasteiger partial charge is 0.227 e. The quantitative estimate of drug-likeness (QED) is 0.931. The molecule has 1 aliphatic rings. The van der Waals surface area contributed by atoms with Crippen LogP contribution in [-0.4, -0.2) is 30.3 Å². The Kier molecular flexibility index (Phi) is 4.89. The number of halogens is 2. The highest BCUT2D eigenvalue weighted by Crippen LogP contribution is 2.26. The Morgan fingerprint density at radius 3 is 2.85 bits per heavy atom. The van der Waals surface area contributed by atoms with Crippen molar-refractivity contribution in [1.29, 1.82) is 0 Å². The van der Waals surface area contributed by atoms with Crippen molar-refractivity contribution in [2.24, 2.45) is 5.92 Å². The third-order valence-corrected chi connectivity index (χ3v) is 4.29. The Morgan fingerprint density at radius 1 is 1.45 bits per heavy atom. The van der Waals surface area contributed by atoms with Crippen LogP contribution in [0.4, 0.5) is 0 Å². The summed E-state index contributed by atoms with van der Waals surface area (Å²) in [7, 11) is 1.73. The minimum Gasteiger partial charge on any atom is -0.355 e. The van der Waals surface area contributed by atoms with Crippen molar-refractivity contribution in [1.82, 2.24) is 10.2 Å². The van der Waals surface area contributed by atoms with Gasteiger partial charge in [0.1, 0.15) is 0 Å². The summed E-state index contributed by atoms with van der Waals surface area (Å²) < 4.78 is 0. The number of hydrogen-bond acceptors (Lipinski definition) is 2. The number of nitrogens with one attached hydrogen (secondary N) is 1. The summed E-state index contributed by atoms with van der Waals surface area (Å²) in [6.07, 6.45) is 1.00. The van der Waals surface area contributed by atoms with Crippen LogP contribution in [-0.2, 0) is 16.1 Å². The molecule has 1 unspecified atom stereocenters. The van der Waals surface area contributed by atoms with Gasteiger partial charge in [0.2, 0.25) is 11.8 Å². The molecule has 1 N–H and O–H groups in total. The van der Waals surface area contributed by atoms with E-state index in [0.29, 0.717) is 36.0 Å². The molecular formula is C14H16Cl2N2O2. The monoisotopic (exact) mass is 314 g/mol. The van der Waals surface area contributed by atoms with Crippen molar-refractivity contribution in [3.05, 3.63) is 33.8 Å². The standard InChI is InChI=1S/C14H16Cl2N2O2/c1-18(8-10-3-2-4-11(15)13(10)16)14(20)9-5-6-12(19)17-7-9/h2-4,9H,5-8H2,1H3,(H,17,19). The second-order valence-corrected chi connectivity index (χ2v) is 5.73. The number of rotatable bonds is 3. The third kappa shape index (κ3) is 3.44. The van der Waals surface area contributed by atoms with Crippen molar-refractivity contribution in [3.8, 4) is 0 Å². The predicted molar refractivity (Wildman–Crippen MR) is 78.7 cm³/mol. The maximum Gasteiger partial charge on any atom is 0.227 e. The van der Waals surface area contributed by atoms with E-state index in [2.05, 4.69) is 5.32 Å². The molecule has 4 nitrogen and oxygen atoms in total. The van der Waals surface area contributed by atoms with Crippen LogP contribution >= 0.6 is 23.2 Å². The highest BCUT2D eigenvalue weighted by molar-refractivity contribution is 6.42. The molecule has 2 amide bonds. The summed E-state index contributed by atoms with van der Waals surface area (Å²) in [5.74, 6) is -0.133. The van der Waals surface area contributed by atoms with Gasteiger partial charge in [0.15, 0.2) is 0 Å². The van der Waals surface area contributed by atoms with Gasteiger partial charge in [-0.25, -0.2) is 0 Å². The first-order valence-electron chi connectivity index (χ1n) is 6.43. The van der Waals surface area contributed by atoms with Crippen molar-refractivity contribution in [3.63, 3.8) is 0 Å². The highest BCUT2D eigenvalue weighted by Gasteiger charge is 2.27. The SMILES string of the molecule is CN(Cc1cccc(Cl)c1Cl)C(=O)C1CCC(=O)NC1. The van der Waals surface area contributed by atoms with Crippen LogP contribution in [0.25, 0.3) is 0 Å². The van der Waals surface area contributed by atoms with Gasteiger partial charge >= 0.3 is 0 Å². The Bertz CT molecular complexity index is 524. The fourth-order valence-corrected chi connectivity index (χ4v) is 2.64. The second-order valence-electron chi connectivity index (χ2n) is 4.95. The molecule has 0 aromatic heterocycles. The number of hydrogen-bond donors (Lipinski definition) is 1. The number of benzene rings is 1. The predicted octanol–water partition coefficient (Wildman–Crippen LogP) is 2.48. The summed E-state index contributed by atoms with van der Waals surface area (Å²) in [4.78, 5) is 25.0. The lowest BCUT2D eigenvalue weighted by Gasteiger charge is -2.27. The molecular weight excluding hydrogens is 299 g/mol. The molecule has 108 valence electrons. The van der Waals surface area contributed by atoms with E-state index in [9.17, 15) is 9.59 Å². The molecule has 6 heteroatoms. The van der Waals surface area contributed by atoms with Gasteiger partial charge in [0.05, 0.1) is 16.0 Å². The van der Waals surface area contributed by atoms with E-state index in [4.69, 9.17) is 23.2 Å². The van der Waals surface area contributed by atoms with Crippen molar-refractivity contribution in [2.45, 2.75) is 19.4 Å². The van der Waals surface area contributed by atoms with E-state index in [0.717, 1.165) is 5.56 Å². The normalized spacial score (nSPS) is 18.6. The molecule has 1 aliphatic heterocycles. The van der Waals surface area contributed by atoms with Crippen LogP contribution in [0, 0.1) is 5.92 Å². The molecule has 1 saturated heterocycles. The summed E-state index contributed by atoms with van der Waals surface area (Å²) in [6.45, 7) is 0.813. The average molecular weight is 315 g/mol.